The molecule has 1 atom stereocenters. The van der Waals surface area contributed by atoms with Crippen molar-refractivity contribution in [1.29, 1.82) is 0 Å². The van der Waals surface area contributed by atoms with Crippen LogP contribution in [-0.4, -0.2) is 11.2 Å². The fourth-order valence-corrected chi connectivity index (χ4v) is 1.07. The molecule has 1 aliphatic rings. The summed E-state index contributed by atoms with van der Waals surface area (Å²) < 4.78 is 0. The fraction of sp³-hybridized carbons (Fsp3) is 0.750. The Hall–Kier alpha value is -0.300. The Bertz CT molecular complexity index is 125. The van der Waals surface area contributed by atoms with Crippen molar-refractivity contribution >= 4 is 0 Å². The van der Waals surface area contributed by atoms with Gasteiger partial charge in [0.05, 0.1) is 6.10 Å². The number of aliphatic hydroxyl groups excluding tert-OH is 1. The number of allylic oxidation sites excluding steroid dienone is 1. The Balaban J connectivity index is 2.58. The van der Waals surface area contributed by atoms with E-state index in [9.17, 15) is 0 Å². The molecule has 52 valence electrons. The van der Waals surface area contributed by atoms with Crippen LogP contribution in [-0.2, 0) is 0 Å². The highest BCUT2D eigenvalue weighted by molar-refractivity contribution is 5.02. The van der Waals surface area contributed by atoms with Crippen LogP contribution in [0.5, 0.6) is 0 Å². The van der Waals surface area contributed by atoms with Gasteiger partial charge in [0.1, 0.15) is 0 Å². The molecule has 0 radical (unpaired) electrons. The third kappa shape index (κ3) is 1.83. The smallest absolute Gasteiger partial charge is 0.0721 e. The third-order valence-electron chi connectivity index (χ3n) is 1.85. The summed E-state index contributed by atoms with van der Waals surface area (Å²) in [6.07, 6.45) is 5.83. The molecule has 1 rings (SSSR count). The van der Waals surface area contributed by atoms with Crippen LogP contribution in [0, 0.1) is 5.41 Å². The van der Waals surface area contributed by atoms with E-state index in [0.717, 1.165) is 12.8 Å². The molecule has 1 heteroatoms. The van der Waals surface area contributed by atoms with Gasteiger partial charge in [0, 0.05) is 0 Å². The molecule has 0 aromatic heterocycles. The first-order valence-electron chi connectivity index (χ1n) is 3.48. The van der Waals surface area contributed by atoms with Gasteiger partial charge >= 0.3 is 0 Å². The maximum atomic E-state index is 9.05. The van der Waals surface area contributed by atoms with Gasteiger partial charge in [-0.25, -0.2) is 0 Å². The van der Waals surface area contributed by atoms with E-state index in [4.69, 9.17) is 5.11 Å². The highest BCUT2D eigenvalue weighted by Gasteiger charge is 2.19. The van der Waals surface area contributed by atoms with Gasteiger partial charge in [-0.3, -0.25) is 0 Å². The van der Waals surface area contributed by atoms with Crippen molar-refractivity contribution in [1.82, 2.24) is 0 Å². The first kappa shape index (κ1) is 6.81. The third-order valence-corrected chi connectivity index (χ3v) is 1.85. The summed E-state index contributed by atoms with van der Waals surface area (Å²) in [5.74, 6) is 0. The van der Waals surface area contributed by atoms with E-state index in [2.05, 4.69) is 19.9 Å². The van der Waals surface area contributed by atoms with Crippen molar-refractivity contribution < 1.29 is 5.11 Å². The molecule has 1 aliphatic carbocycles. The molecule has 0 bridgehead atoms. The van der Waals surface area contributed by atoms with E-state index in [1.54, 1.807) is 0 Å². The molecule has 9 heavy (non-hydrogen) atoms. The minimum absolute atomic E-state index is 0.182. The lowest BCUT2D eigenvalue weighted by molar-refractivity contribution is 0.180. The molecule has 0 heterocycles. The van der Waals surface area contributed by atoms with Gasteiger partial charge in [-0.2, -0.15) is 0 Å². The lowest BCUT2D eigenvalue weighted by atomic mass is 9.82. The Kier molecular flexibility index (Phi) is 1.62. The van der Waals surface area contributed by atoms with Crippen molar-refractivity contribution in [3.05, 3.63) is 12.2 Å². The largest absolute Gasteiger partial charge is 0.389 e. The fourth-order valence-electron chi connectivity index (χ4n) is 1.07. The quantitative estimate of drug-likeness (QED) is 0.490. The van der Waals surface area contributed by atoms with Crippen LogP contribution in [0.3, 0.4) is 0 Å². The number of aliphatic hydroxyl groups is 1. The molecule has 0 aromatic carbocycles. The van der Waals surface area contributed by atoms with E-state index in [-0.39, 0.29) is 6.10 Å². The van der Waals surface area contributed by atoms with Gasteiger partial charge in [-0.05, 0) is 18.3 Å². The van der Waals surface area contributed by atoms with Crippen LogP contribution >= 0.6 is 0 Å². The van der Waals surface area contributed by atoms with Crippen molar-refractivity contribution in [3.8, 4) is 0 Å². The second-order valence-corrected chi connectivity index (χ2v) is 3.45. The standard InChI is InChI=1S/C8H14O/c1-8(2)5-3-7(9)4-6-8/h3,5,7,9H,4,6H2,1-2H3/t7-/m1/s1. The molecule has 0 amide bonds. The van der Waals surface area contributed by atoms with Gasteiger partial charge in [0.25, 0.3) is 0 Å². The Morgan fingerprint density at radius 1 is 1.56 bits per heavy atom. The van der Waals surface area contributed by atoms with Gasteiger partial charge < -0.3 is 5.11 Å². The Morgan fingerprint density at radius 2 is 2.22 bits per heavy atom. The van der Waals surface area contributed by atoms with Crippen LogP contribution < -0.4 is 0 Å². The summed E-state index contributed by atoms with van der Waals surface area (Å²) >= 11 is 0. The second-order valence-electron chi connectivity index (χ2n) is 3.45. The van der Waals surface area contributed by atoms with E-state index < -0.39 is 0 Å². The van der Waals surface area contributed by atoms with Crippen molar-refractivity contribution in [3.63, 3.8) is 0 Å². The topological polar surface area (TPSA) is 20.2 Å². The Morgan fingerprint density at radius 3 is 2.56 bits per heavy atom. The molecule has 0 saturated heterocycles. The van der Waals surface area contributed by atoms with E-state index in [1.165, 1.54) is 0 Å². The molecule has 1 nitrogen and oxygen atoms in total. The summed E-state index contributed by atoms with van der Waals surface area (Å²) in [5.41, 5.74) is 0.319. The normalized spacial score (nSPS) is 32.6. The van der Waals surface area contributed by atoms with Crippen LogP contribution in [0.25, 0.3) is 0 Å². The van der Waals surface area contributed by atoms with Gasteiger partial charge in [-0.15, -0.1) is 0 Å². The highest BCUT2D eigenvalue weighted by atomic mass is 16.3. The van der Waals surface area contributed by atoms with E-state index in [1.807, 2.05) is 6.08 Å². The molecule has 0 aliphatic heterocycles. The van der Waals surface area contributed by atoms with Crippen molar-refractivity contribution in [2.45, 2.75) is 32.8 Å². The first-order chi connectivity index (χ1) is 4.10. The maximum Gasteiger partial charge on any atom is 0.0721 e. The summed E-state index contributed by atoms with van der Waals surface area (Å²) in [7, 11) is 0. The molecular formula is C8H14O. The highest BCUT2D eigenvalue weighted by Crippen LogP contribution is 2.28. The lowest BCUT2D eigenvalue weighted by Gasteiger charge is -2.25. The zero-order valence-corrected chi connectivity index (χ0v) is 6.09. The predicted molar refractivity (Wildman–Crippen MR) is 38.2 cm³/mol. The molecule has 0 unspecified atom stereocenters. The molecule has 0 saturated carbocycles. The van der Waals surface area contributed by atoms with Crippen LogP contribution in [0.1, 0.15) is 26.7 Å². The number of hydrogen-bond acceptors (Lipinski definition) is 1. The molecule has 0 aromatic rings. The second kappa shape index (κ2) is 2.14. The molecule has 0 spiro atoms. The van der Waals surface area contributed by atoms with Crippen LogP contribution in [0.4, 0.5) is 0 Å². The SMILES string of the molecule is CC1(C)C=C[C@@H](O)CC1. The minimum atomic E-state index is -0.182. The van der Waals surface area contributed by atoms with Crippen LogP contribution in [0.15, 0.2) is 12.2 Å². The lowest BCUT2D eigenvalue weighted by Crippen LogP contribution is -2.18. The Labute approximate surface area is 56.4 Å². The van der Waals surface area contributed by atoms with Crippen LogP contribution in [0.2, 0.25) is 0 Å². The minimum Gasteiger partial charge on any atom is -0.389 e. The average molecular weight is 126 g/mol. The monoisotopic (exact) mass is 126 g/mol. The van der Waals surface area contributed by atoms with Crippen molar-refractivity contribution in [2.24, 2.45) is 5.41 Å². The first-order valence-corrected chi connectivity index (χ1v) is 3.48. The zero-order chi connectivity index (χ0) is 6.91. The predicted octanol–water partition coefficient (Wildman–Crippen LogP) is 1.72. The zero-order valence-electron chi connectivity index (χ0n) is 6.09. The number of rotatable bonds is 0. The van der Waals surface area contributed by atoms with E-state index >= 15 is 0 Å². The molecule has 0 fully saturated rings. The molecular weight excluding hydrogens is 112 g/mol. The van der Waals surface area contributed by atoms with E-state index in [0.29, 0.717) is 5.41 Å². The summed E-state index contributed by atoms with van der Waals surface area (Å²) in [4.78, 5) is 0. The summed E-state index contributed by atoms with van der Waals surface area (Å²) in [6, 6.07) is 0. The number of hydrogen-bond donors (Lipinski definition) is 1. The average Bonchev–Trinajstić information content (AvgIpc) is 1.78. The molecule has 1 N–H and O–H groups in total. The maximum absolute atomic E-state index is 9.05. The van der Waals surface area contributed by atoms with Crippen molar-refractivity contribution in [2.75, 3.05) is 0 Å². The summed E-state index contributed by atoms with van der Waals surface area (Å²) in [6.45, 7) is 4.38. The van der Waals surface area contributed by atoms with Gasteiger partial charge in [0.2, 0.25) is 0 Å². The van der Waals surface area contributed by atoms with Gasteiger partial charge in [-0.1, -0.05) is 26.0 Å². The summed E-state index contributed by atoms with van der Waals surface area (Å²) in [5, 5.41) is 9.05. The van der Waals surface area contributed by atoms with Gasteiger partial charge in [0.15, 0.2) is 0 Å².